The highest BCUT2D eigenvalue weighted by molar-refractivity contribution is 7.98. The van der Waals surface area contributed by atoms with E-state index in [2.05, 4.69) is 41.9 Å². The molecule has 1 heterocycles. The van der Waals surface area contributed by atoms with Crippen molar-refractivity contribution in [3.8, 4) is 0 Å². The lowest BCUT2D eigenvalue weighted by Crippen LogP contribution is -2.60. The van der Waals surface area contributed by atoms with Crippen molar-refractivity contribution >= 4 is 81.7 Å². The number of aromatic amines is 1. The number of primary amides is 1. The number of nitrogens with two attached hydrogens (primary N) is 3. The second-order valence-corrected chi connectivity index (χ2v) is 16.9. The molecule has 0 aliphatic rings. The number of carbonyl (C=O) groups excluding carboxylic acids is 7. The molecule has 14 N–H and O–H groups in total. The van der Waals surface area contributed by atoms with Crippen molar-refractivity contribution in [2.45, 2.75) is 94.7 Å². The van der Waals surface area contributed by atoms with E-state index in [1.165, 1.54) is 37.4 Å². The van der Waals surface area contributed by atoms with Gasteiger partial charge in [0.25, 0.3) is 0 Å². The molecule has 63 heavy (non-hydrogen) atoms. The Morgan fingerprint density at radius 1 is 0.667 bits per heavy atom. The summed E-state index contributed by atoms with van der Waals surface area (Å²) in [6.45, 7) is 2.76. The maximum Gasteiger partial charge on any atom is 0.243 e. The van der Waals surface area contributed by atoms with E-state index < -0.39 is 83.7 Å². The molecule has 21 heteroatoms. The van der Waals surface area contributed by atoms with Crippen LogP contribution in [-0.2, 0) is 46.4 Å². The van der Waals surface area contributed by atoms with Crippen LogP contribution in [0, 0.1) is 0 Å². The maximum atomic E-state index is 14.4. The molecule has 0 saturated carbocycles. The summed E-state index contributed by atoms with van der Waals surface area (Å²) in [5.41, 5.74) is 18.5. The van der Waals surface area contributed by atoms with Gasteiger partial charge in [-0.1, -0.05) is 48.5 Å². The number of nitrogens with one attached hydrogen (secondary N) is 7. The number of aromatic nitrogens is 1. The molecule has 1 aromatic heterocycles. The highest BCUT2D eigenvalue weighted by Gasteiger charge is 2.34. The monoisotopic (exact) mass is 911 g/mol. The highest BCUT2D eigenvalue weighted by atomic mass is 32.2. The number of rotatable bonds is 27. The third kappa shape index (κ3) is 17.5. The second-order valence-electron chi connectivity index (χ2n) is 14.9. The van der Waals surface area contributed by atoms with Gasteiger partial charge < -0.3 is 59.2 Å². The van der Waals surface area contributed by atoms with Gasteiger partial charge in [0.2, 0.25) is 41.4 Å². The molecule has 0 radical (unpaired) electrons. The number of fused-ring (bicyclic) bond motifs is 1. The lowest BCUT2D eigenvalue weighted by atomic mass is 10.0. The Bertz CT molecular complexity index is 2030. The first kappa shape index (κ1) is 51.5. The van der Waals surface area contributed by atoms with E-state index in [0.717, 1.165) is 10.9 Å². The fraction of sp³-hybridized carbons (Fsp3) is 0.476. The Hall–Kier alpha value is -5.80. The van der Waals surface area contributed by atoms with Crippen LogP contribution in [0.25, 0.3) is 10.9 Å². The average molecular weight is 912 g/mol. The molecule has 0 saturated heterocycles. The predicted octanol–water partition coefficient (Wildman–Crippen LogP) is -0.692. The minimum Gasteiger partial charge on any atom is -0.391 e. The van der Waals surface area contributed by atoms with Gasteiger partial charge >= 0.3 is 0 Å². The van der Waals surface area contributed by atoms with Crippen LogP contribution in [0.5, 0.6) is 0 Å². The Kier molecular flexibility index (Phi) is 21.8. The van der Waals surface area contributed by atoms with E-state index in [9.17, 15) is 38.7 Å². The molecule has 0 spiro atoms. The van der Waals surface area contributed by atoms with Gasteiger partial charge in [0, 0.05) is 43.4 Å². The van der Waals surface area contributed by atoms with Gasteiger partial charge in [-0.2, -0.15) is 23.5 Å². The zero-order valence-electron chi connectivity index (χ0n) is 36.0. The number of aliphatic imine (C=N–C) groups is 1. The van der Waals surface area contributed by atoms with Crippen molar-refractivity contribution in [1.82, 2.24) is 36.9 Å². The molecule has 3 rings (SSSR count). The van der Waals surface area contributed by atoms with Gasteiger partial charge in [0.1, 0.15) is 36.3 Å². The number of guanidine groups is 1. The van der Waals surface area contributed by atoms with Gasteiger partial charge in [0.15, 0.2) is 5.96 Å². The first-order valence-corrected chi connectivity index (χ1v) is 23.2. The number of carbonyl (C=O) groups is 7. The van der Waals surface area contributed by atoms with Crippen LogP contribution in [0.15, 0.2) is 65.8 Å². The molecular formula is C42H61N11O8S2. The number of amides is 7. The Morgan fingerprint density at radius 3 is 1.68 bits per heavy atom. The fourth-order valence-electron chi connectivity index (χ4n) is 6.59. The highest BCUT2D eigenvalue weighted by Crippen LogP contribution is 2.20. The van der Waals surface area contributed by atoms with E-state index in [0.29, 0.717) is 29.1 Å². The quantitative estimate of drug-likeness (QED) is 0.0257. The Balaban J connectivity index is 1.95. The lowest BCUT2D eigenvalue weighted by Gasteiger charge is -2.28. The van der Waals surface area contributed by atoms with Crippen molar-refractivity contribution in [2.75, 3.05) is 30.6 Å². The van der Waals surface area contributed by atoms with Crippen LogP contribution in [0.4, 0.5) is 0 Å². The van der Waals surface area contributed by atoms with Crippen LogP contribution in [0.2, 0.25) is 0 Å². The number of nitrogens with zero attached hydrogens (tertiary/aromatic N) is 1. The zero-order chi connectivity index (χ0) is 46.5. The van der Waals surface area contributed by atoms with Crippen molar-refractivity contribution in [3.63, 3.8) is 0 Å². The average Bonchev–Trinajstić information content (AvgIpc) is 3.65. The van der Waals surface area contributed by atoms with Gasteiger partial charge in [0.05, 0.1) is 6.10 Å². The summed E-state index contributed by atoms with van der Waals surface area (Å²) < 4.78 is 0. The maximum absolute atomic E-state index is 14.4. The number of aliphatic hydroxyl groups is 1. The first-order chi connectivity index (χ1) is 30.0. The molecule has 19 nitrogen and oxygen atoms in total. The number of hydrogen-bond donors (Lipinski definition) is 11. The van der Waals surface area contributed by atoms with Gasteiger partial charge in [-0.05, 0) is 73.8 Å². The van der Waals surface area contributed by atoms with Crippen molar-refractivity contribution in [1.29, 1.82) is 0 Å². The second kappa shape index (κ2) is 26.6. The van der Waals surface area contributed by atoms with Gasteiger partial charge in [-0.25, -0.2) is 0 Å². The number of benzene rings is 2. The van der Waals surface area contributed by atoms with Crippen LogP contribution < -0.4 is 49.1 Å². The van der Waals surface area contributed by atoms with Gasteiger partial charge in [-0.15, -0.1) is 0 Å². The third-order valence-electron chi connectivity index (χ3n) is 9.86. The molecule has 2 aromatic carbocycles. The fourth-order valence-corrected chi connectivity index (χ4v) is 7.53. The van der Waals surface area contributed by atoms with Crippen molar-refractivity contribution < 1.29 is 38.7 Å². The lowest BCUT2D eigenvalue weighted by molar-refractivity contribution is -0.135. The summed E-state index contributed by atoms with van der Waals surface area (Å²) in [6.07, 6.45) is 4.83. The molecule has 0 bridgehead atoms. The Labute approximate surface area is 375 Å². The van der Waals surface area contributed by atoms with E-state index in [1.807, 2.05) is 36.8 Å². The molecule has 7 atom stereocenters. The van der Waals surface area contributed by atoms with Gasteiger partial charge in [-0.3, -0.25) is 38.6 Å². The predicted molar refractivity (Wildman–Crippen MR) is 246 cm³/mol. The molecule has 7 amide bonds. The normalized spacial score (nSPS) is 14.4. The number of thioether (sulfide) groups is 2. The third-order valence-corrected chi connectivity index (χ3v) is 11.1. The van der Waals surface area contributed by atoms with Crippen LogP contribution in [0.3, 0.4) is 0 Å². The topological polar surface area (TPSA) is 318 Å². The first-order valence-electron chi connectivity index (χ1n) is 20.4. The summed E-state index contributed by atoms with van der Waals surface area (Å²) in [7, 11) is 0. The van der Waals surface area contributed by atoms with E-state index in [4.69, 9.17) is 17.2 Å². The number of hydrogen-bond acceptors (Lipinski definition) is 11. The summed E-state index contributed by atoms with van der Waals surface area (Å²) >= 11 is 2.85. The molecule has 0 aliphatic heterocycles. The number of para-hydroxylation sites is 1. The zero-order valence-corrected chi connectivity index (χ0v) is 37.6. The molecule has 344 valence electrons. The Morgan fingerprint density at radius 2 is 1.16 bits per heavy atom. The van der Waals surface area contributed by atoms with Crippen molar-refractivity contribution in [2.24, 2.45) is 22.2 Å². The van der Waals surface area contributed by atoms with Crippen LogP contribution >= 0.6 is 23.5 Å². The molecule has 0 unspecified atom stereocenters. The summed E-state index contributed by atoms with van der Waals surface area (Å²) in [5, 5.41) is 27.0. The summed E-state index contributed by atoms with van der Waals surface area (Å²) in [6, 6.07) is 9.00. The standard InChI is InChI=1S/C42H61N11O8S2/c1-24(54)35(36(43)56)53-39(59)32(17-20-63-4)50-41(61)34(22-27-23-47-29-14-9-8-13-28(27)29)52-38(58)31(16-19-62-3)49-40(60)33(21-26-11-6-5-7-12-26)51-37(57)30(48-25(2)55)15-10-18-46-42(44)45/h5-9,11-14,23-24,30-35,47,54H,10,15-22H2,1-4H3,(H2,43,56)(H,48,55)(H,49,60)(H,50,61)(H,51,57)(H,52,58)(H,53,59)(H4,44,45,46)/t24-,30+,31+,32+,33+,34+,35+/m1/s1. The summed E-state index contributed by atoms with van der Waals surface area (Å²) in [5.74, 6) is -4.21. The molecule has 0 fully saturated rings. The molecular weight excluding hydrogens is 851 g/mol. The van der Waals surface area contributed by atoms with E-state index in [-0.39, 0.29) is 44.6 Å². The minimum atomic E-state index is -1.42. The van der Waals surface area contributed by atoms with Crippen LogP contribution in [-0.4, -0.2) is 130 Å². The van der Waals surface area contributed by atoms with E-state index >= 15 is 0 Å². The molecule has 3 aromatic rings. The molecule has 0 aliphatic carbocycles. The summed E-state index contributed by atoms with van der Waals surface area (Å²) in [4.78, 5) is 101. The van der Waals surface area contributed by atoms with E-state index in [1.54, 1.807) is 36.5 Å². The number of H-pyrrole nitrogens is 1. The van der Waals surface area contributed by atoms with Crippen LogP contribution in [0.1, 0.15) is 50.7 Å². The van der Waals surface area contributed by atoms with Crippen molar-refractivity contribution in [3.05, 3.63) is 71.9 Å². The SMILES string of the molecule is CSCC[C@H](NC(=O)[C@H](Cc1ccccc1)NC(=O)[C@H](CCCN=C(N)N)NC(C)=O)C(=O)N[C@@H](Cc1c[nH]c2ccccc12)C(=O)N[C@@H](CCSC)C(=O)N[C@H](C(N)=O)[C@@H](C)O. The smallest absolute Gasteiger partial charge is 0.243 e. The number of aliphatic hydroxyl groups excluding tert-OH is 1. The largest absolute Gasteiger partial charge is 0.391 e. The minimum absolute atomic E-state index is 0.0281.